The third kappa shape index (κ3) is 4.32. The van der Waals surface area contributed by atoms with Crippen LogP contribution in [0.5, 0.6) is 0 Å². The van der Waals surface area contributed by atoms with Crippen LogP contribution in [0.1, 0.15) is 38.3 Å². The first-order chi connectivity index (χ1) is 7.09. The summed E-state index contributed by atoms with van der Waals surface area (Å²) in [7, 11) is 0. The Labute approximate surface area is 93.1 Å². The van der Waals surface area contributed by atoms with Gasteiger partial charge in [0.1, 0.15) is 5.82 Å². The molecule has 0 aliphatic carbocycles. The summed E-state index contributed by atoms with van der Waals surface area (Å²) in [6.45, 7) is 9.66. The van der Waals surface area contributed by atoms with Crippen LogP contribution in [0.25, 0.3) is 0 Å². The lowest BCUT2D eigenvalue weighted by molar-refractivity contribution is 0.737. The SMILES string of the molecule is CC(C)C.Cc1cnc2c(c1)CCCN2. The van der Waals surface area contributed by atoms with Gasteiger partial charge in [-0.05, 0) is 36.8 Å². The zero-order chi connectivity index (χ0) is 11.3. The molecule has 2 rings (SSSR count). The van der Waals surface area contributed by atoms with Gasteiger partial charge in [0.2, 0.25) is 0 Å². The van der Waals surface area contributed by atoms with Crippen LogP contribution in [0.2, 0.25) is 0 Å². The van der Waals surface area contributed by atoms with Crippen molar-refractivity contribution in [3.8, 4) is 0 Å². The highest BCUT2D eigenvalue weighted by Crippen LogP contribution is 2.19. The summed E-state index contributed by atoms with van der Waals surface area (Å²) in [4.78, 5) is 4.31. The average molecular weight is 206 g/mol. The van der Waals surface area contributed by atoms with Crippen LogP contribution in [0.4, 0.5) is 5.82 Å². The second-order valence-corrected chi connectivity index (χ2v) is 4.78. The van der Waals surface area contributed by atoms with Crippen molar-refractivity contribution in [1.29, 1.82) is 0 Å². The third-order valence-corrected chi connectivity index (χ3v) is 2.02. The van der Waals surface area contributed by atoms with Gasteiger partial charge in [-0.25, -0.2) is 4.98 Å². The van der Waals surface area contributed by atoms with E-state index in [9.17, 15) is 0 Å². The van der Waals surface area contributed by atoms with E-state index in [1.165, 1.54) is 24.0 Å². The van der Waals surface area contributed by atoms with Crippen LogP contribution < -0.4 is 5.32 Å². The van der Waals surface area contributed by atoms with Gasteiger partial charge < -0.3 is 5.32 Å². The highest BCUT2D eigenvalue weighted by Gasteiger charge is 2.08. The molecule has 1 aromatic heterocycles. The van der Waals surface area contributed by atoms with Crippen molar-refractivity contribution in [3.05, 3.63) is 23.4 Å². The molecule has 0 fully saturated rings. The second kappa shape index (κ2) is 5.74. The van der Waals surface area contributed by atoms with E-state index in [2.05, 4.69) is 44.1 Å². The van der Waals surface area contributed by atoms with E-state index in [4.69, 9.17) is 0 Å². The van der Waals surface area contributed by atoms with Crippen LogP contribution in [0, 0.1) is 12.8 Å². The Morgan fingerprint density at radius 2 is 2.00 bits per heavy atom. The quantitative estimate of drug-likeness (QED) is 0.703. The standard InChI is InChI=1S/C9H12N2.C4H10/c1-7-5-8-3-2-4-10-9(8)11-6-7;1-4(2)3/h5-6H,2-4H2,1H3,(H,10,11);4H,1-3H3. The van der Waals surface area contributed by atoms with Gasteiger partial charge in [-0.15, -0.1) is 0 Å². The Balaban J connectivity index is 0.000000245. The van der Waals surface area contributed by atoms with E-state index in [1.54, 1.807) is 0 Å². The first-order valence-electron chi connectivity index (χ1n) is 5.79. The fraction of sp³-hybridized carbons (Fsp3) is 0.615. The van der Waals surface area contributed by atoms with Gasteiger partial charge in [-0.1, -0.05) is 26.8 Å². The van der Waals surface area contributed by atoms with Crippen molar-refractivity contribution >= 4 is 5.82 Å². The Bertz CT molecular complexity index is 303. The van der Waals surface area contributed by atoms with Crippen molar-refractivity contribution in [2.75, 3.05) is 11.9 Å². The number of anilines is 1. The smallest absolute Gasteiger partial charge is 0.129 e. The zero-order valence-corrected chi connectivity index (χ0v) is 10.3. The molecule has 84 valence electrons. The molecule has 1 N–H and O–H groups in total. The number of pyridine rings is 1. The van der Waals surface area contributed by atoms with E-state index < -0.39 is 0 Å². The lowest BCUT2D eigenvalue weighted by Gasteiger charge is -2.16. The van der Waals surface area contributed by atoms with E-state index >= 15 is 0 Å². The van der Waals surface area contributed by atoms with E-state index in [-0.39, 0.29) is 0 Å². The molecule has 0 radical (unpaired) electrons. The molecule has 1 aliphatic rings. The molecule has 1 aromatic rings. The molecule has 0 atom stereocenters. The lowest BCUT2D eigenvalue weighted by atomic mass is 10.1. The summed E-state index contributed by atoms with van der Waals surface area (Å²) in [5, 5.41) is 3.28. The third-order valence-electron chi connectivity index (χ3n) is 2.02. The number of hydrogen-bond donors (Lipinski definition) is 1. The number of aryl methyl sites for hydroxylation is 2. The van der Waals surface area contributed by atoms with Gasteiger partial charge in [-0.2, -0.15) is 0 Å². The number of nitrogens with zero attached hydrogens (tertiary/aromatic N) is 1. The maximum atomic E-state index is 4.31. The highest BCUT2D eigenvalue weighted by molar-refractivity contribution is 5.47. The molecule has 0 spiro atoms. The molecule has 2 heteroatoms. The van der Waals surface area contributed by atoms with Gasteiger partial charge in [0.05, 0.1) is 0 Å². The van der Waals surface area contributed by atoms with Crippen LogP contribution in [0.3, 0.4) is 0 Å². The van der Waals surface area contributed by atoms with Gasteiger partial charge in [-0.3, -0.25) is 0 Å². The Morgan fingerprint density at radius 3 is 2.67 bits per heavy atom. The minimum atomic E-state index is 0.833. The maximum Gasteiger partial charge on any atom is 0.129 e. The fourth-order valence-electron chi connectivity index (χ4n) is 1.47. The Hall–Kier alpha value is -1.05. The van der Waals surface area contributed by atoms with Gasteiger partial charge in [0, 0.05) is 12.7 Å². The summed E-state index contributed by atoms with van der Waals surface area (Å²) in [5.74, 6) is 1.92. The predicted molar refractivity (Wildman–Crippen MR) is 66.3 cm³/mol. The number of aromatic nitrogens is 1. The molecule has 0 unspecified atom stereocenters. The summed E-state index contributed by atoms with van der Waals surface area (Å²) < 4.78 is 0. The van der Waals surface area contributed by atoms with Crippen LogP contribution >= 0.6 is 0 Å². The summed E-state index contributed by atoms with van der Waals surface area (Å²) in [5.41, 5.74) is 2.63. The minimum Gasteiger partial charge on any atom is -0.370 e. The highest BCUT2D eigenvalue weighted by atomic mass is 15.0. The summed E-state index contributed by atoms with van der Waals surface area (Å²) in [6, 6.07) is 2.22. The monoisotopic (exact) mass is 206 g/mol. The topological polar surface area (TPSA) is 24.9 Å². The molecular weight excluding hydrogens is 184 g/mol. The molecule has 0 saturated carbocycles. The molecule has 1 aliphatic heterocycles. The molecule has 0 saturated heterocycles. The Kier molecular flexibility index (Phi) is 4.60. The predicted octanol–water partition coefficient (Wildman–Crippen LogP) is 3.41. The van der Waals surface area contributed by atoms with Gasteiger partial charge in [0.15, 0.2) is 0 Å². The molecular formula is C13H22N2. The molecule has 2 nitrogen and oxygen atoms in total. The molecule has 0 amide bonds. The van der Waals surface area contributed by atoms with Crippen molar-refractivity contribution in [2.24, 2.45) is 5.92 Å². The van der Waals surface area contributed by atoms with Crippen LogP contribution in [0.15, 0.2) is 12.3 Å². The van der Waals surface area contributed by atoms with E-state index in [1.807, 2.05) is 6.20 Å². The fourth-order valence-corrected chi connectivity index (χ4v) is 1.47. The van der Waals surface area contributed by atoms with Crippen molar-refractivity contribution < 1.29 is 0 Å². The molecule has 2 heterocycles. The van der Waals surface area contributed by atoms with Crippen molar-refractivity contribution in [3.63, 3.8) is 0 Å². The van der Waals surface area contributed by atoms with Crippen molar-refractivity contribution in [1.82, 2.24) is 4.98 Å². The van der Waals surface area contributed by atoms with Crippen LogP contribution in [-0.4, -0.2) is 11.5 Å². The second-order valence-electron chi connectivity index (χ2n) is 4.78. The van der Waals surface area contributed by atoms with Gasteiger partial charge in [0.25, 0.3) is 0 Å². The van der Waals surface area contributed by atoms with E-state index in [0.29, 0.717) is 0 Å². The zero-order valence-electron chi connectivity index (χ0n) is 10.3. The molecule has 0 bridgehead atoms. The number of rotatable bonds is 0. The normalized spacial score (nSPS) is 13.7. The first kappa shape index (κ1) is 12.0. The summed E-state index contributed by atoms with van der Waals surface area (Å²) >= 11 is 0. The minimum absolute atomic E-state index is 0.833. The number of fused-ring (bicyclic) bond motifs is 1. The molecule has 0 aromatic carbocycles. The van der Waals surface area contributed by atoms with E-state index in [0.717, 1.165) is 18.3 Å². The number of hydrogen-bond acceptors (Lipinski definition) is 2. The van der Waals surface area contributed by atoms with Gasteiger partial charge >= 0.3 is 0 Å². The van der Waals surface area contributed by atoms with Crippen molar-refractivity contribution in [2.45, 2.75) is 40.5 Å². The largest absolute Gasteiger partial charge is 0.370 e. The number of nitrogens with one attached hydrogen (secondary N) is 1. The Morgan fingerprint density at radius 1 is 1.33 bits per heavy atom. The summed E-state index contributed by atoms with van der Waals surface area (Å²) in [6.07, 6.45) is 4.33. The van der Waals surface area contributed by atoms with Crippen LogP contribution in [-0.2, 0) is 6.42 Å². The molecule has 15 heavy (non-hydrogen) atoms. The average Bonchev–Trinajstić information content (AvgIpc) is 2.16. The lowest BCUT2D eigenvalue weighted by Crippen LogP contribution is -2.13. The maximum absolute atomic E-state index is 4.31. The first-order valence-corrected chi connectivity index (χ1v) is 5.79.